The molecule has 1 amide bonds. The van der Waals surface area contributed by atoms with E-state index in [0.29, 0.717) is 16.7 Å². The van der Waals surface area contributed by atoms with E-state index in [1.165, 1.54) is 6.08 Å². The Labute approximate surface area is 141 Å². The molecule has 23 heavy (non-hydrogen) atoms. The molecule has 0 aliphatic rings. The quantitative estimate of drug-likeness (QED) is 0.872. The van der Waals surface area contributed by atoms with Crippen LogP contribution >= 0.6 is 11.6 Å². The third-order valence-corrected chi connectivity index (χ3v) is 3.57. The second kappa shape index (κ2) is 7.24. The molecule has 1 heterocycles. The van der Waals surface area contributed by atoms with Crippen molar-refractivity contribution in [1.82, 2.24) is 9.97 Å². The topological polar surface area (TPSA) is 58.1 Å². The third-order valence-electron chi connectivity index (χ3n) is 3.23. The second-order valence-corrected chi connectivity index (χ2v) is 5.72. The Morgan fingerprint density at radius 1 is 1.17 bits per heavy atom. The van der Waals surface area contributed by atoms with Crippen molar-refractivity contribution in [3.05, 3.63) is 52.3 Å². The van der Waals surface area contributed by atoms with Crippen molar-refractivity contribution in [2.24, 2.45) is 0 Å². The summed E-state index contributed by atoms with van der Waals surface area (Å²) < 4.78 is 0. The summed E-state index contributed by atoms with van der Waals surface area (Å²) in [7, 11) is 3.75. The lowest BCUT2D eigenvalue weighted by molar-refractivity contribution is -0.111. The van der Waals surface area contributed by atoms with Crippen LogP contribution in [-0.4, -0.2) is 30.0 Å². The summed E-state index contributed by atoms with van der Waals surface area (Å²) in [5, 5.41) is 3.42. The maximum absolute atomic E-state index is 12.1. The van der Waals surface area contributed by atoms with Gasteiger partial charge >= 0.3 is 0 Å². The van der Waals surface area contributed by atoms with Crippen LogP contribution < -0.4 is 10.2 Å². The van der Waals surface area contributed by atoms with Gasteiger partial charge in [-0.2, -0.15) is 0 Å². The zero-order chi connectivity index (χ0) is 17.0. The Morgan fingerprint density at radius 3 is 2.35 bits per heavy atom. The first-order valence-corrected chi connectivity index (χ1v) is 7.52. The summed E-state index contributed by atoms with van der Waals surface area (Å²) in [6.45, 7) is 3.68. The monoisotopic (exact) mass is 330 g/mol. The zero-order valence-corrected chi connectivity index (χ0v) is 14.3. The van der Waals surface area contributed by atoms with Gasteiger partial charge in [0.15, 0.2) is 0 Å². The molecule has 0 bridgehead atoms. The highest BCUT2D eigenvalue weighted by Crippen LogP contribution is 2.20. The number of anilines is 2. The molecule has 5 nitrogen and oxygen atoms in total. The molecule has 0 unspecified atom stereocenters. The predicted octanol–water partition coefficient (Wildman–Crippen LogP) is 3.46. The van der Waals surface area contributed by atoms with Crippen molar-refractivity contribution in [2.45, 2.75) is 13.8 Å². The molecular weight excluding hydrogens is 312 g/mol. The lowest BCUT2D eigenvalue weighted by Gasteiger charge is -2.15. The number of hydrogen-bond donors (Lipinski definition) is 1. The molecule has 6 heteroatoms. The average molecular weight is 331 g/mol. The average Bonchev–Trinajstić information content (AvgIpc) is 2.49. The maximum atomic E-state index is 12.1. The number of carbonyl (C=O) groups is 1. The van der Waals surface area contributed by atoms with Gasteiger partial charge in [0.1, 0.15) is 0 Å². The molecule has 120 valence electrons. The summed E-state index contributed by atoms with van der Waals surface area (Å²) in [5.41, 5.74) is 2.86. The number of amides is 1. The van der Waals surface area contributed by atoms with Crippen molar-refractivity contribution >= 4 is 35.2 Å². The fourth-order valence-corrected chi connectivity index (χ4v) is 2.22. The van der Waals surface area contributed by atoms with Crippen LogP contribution in [0.25, 0.3) is 6.08 Å². The number of hydrogen-bond acceptors (Lipinski definition) is 4. The summed E-state index contributed by atoms with van der Waals surface area (Å²) in [5.74, 6) is 0.363. The molecule has 1 N–H and O–H groups in total. The van der Waals surface area contributed by atoms with Gasteiger partial charge in [-0.15, -0.1) is 0 Å². The third kappa shape index (κ3) is 4.29. The summed E-state index contributed by atoms with van der Waals surface area (Å²) in [6, 6.07) is 7.33. The number of benzene rings is 1. The highest BCUT2D eigenvalue weighted by Gasteiger charge is 2.11. The first-order valence-electron chi connectivity index (χ1n) is 7.14. The highest BCUT2D eigenvalue weighted by atomic mass is 35.5. The molecule has 2 aromatic rings. The van der Waals surface area contributed by atoms with Gasteiger partial charge in [-0.1, -0.05) is 29.8 Å². The Bertz CT molecular complexity index is 733. The van der Waals surface area contributed by atoms with E-state index in [2.05, 4.69) is 15.3 Å². The first kappa shape index (κ1) is 17.0. The standard InChI is InChI=1S/C17H19ClN4O/c1-11-16(12(2)20-17(19-11)22(3)4)21-15(23)10-9-13-7-5-6-8-14(13)18/h5-10H,1-4H3,(H,21,23)/b10-9+. The van der Waals surface area contributed by atoms with Crippen LogP contribution in [0, 0.1) is 13.8 Å². The lowest BCUT2D eigenvalue weighted by atomic mass is 10.2. The van der Waals surface area contributed by atoms with Gasteiger partial charge in [0.05, 0.1) is 17.1 Å². The van der Waals surface area contributed by atoms with Gasteiger partial charge in [0.25, 0.3) is 0 Å². The van der Waals surface area contributed by atoms with Gasteiger partial charge in [-0.3, -0.25) is 4.79 Å². The van der Waals surface area contributed by atoms with E-state index in [1.807, 2.05) is 51.0 Å². The molecule has 0 aliphatic heterocycles. The molecule has 0 atom stereocenters. The molecule has 1 aromatic heterocycles. The lowest BCUT2D eigenvalue weighted by Crippen LogP contribution is -2.17. The fourth-order valence-electron chi connectivity index (χ4n) is 2.02. The van der Waals surface area contributed by atoms with E-state index in [9.17, 15) is 4.79 Å². The number of aromatic nitrogens is 2. The minimum atomic E-state index is -0.252. The number of carbonyl (C=O) groups excluding carboxylic acids is 1. The number of nitrogens with zero attached hydrogens (tertiary/aromatic N) is 3. The van der Waals surface area contributed by atoms with E-state index < -0.39 is 0 Å². The van der Waals surface area contributed by atoms with Crippen LogP contribution in [0.3, 0.4) is 0 Å². The normalized spacial score (nSPS) is 10.8. The minimum Gasteiger partial charge on any atom is -0.347 e. The first-order chi connectivity index (χ1) is 10.9. The van der Waals surface area contributed by atoms with Crippen LogP contribution in [0.4, 0.5) is 11.6 Å². The molecule has 0 fully saturated rings. The summed E-state index contributed by atoms with van der Waals surface area (Å²) in [6.07, 6.45) is 3.12. The molecule has 0 spiro atoms. The SMILES string of the molecule is Cc1nc(N(C)C)nc(C)c1NC(=O)/C=C/c1ccccc1Cl. The van der Waals surface area contributed by atoms with Crippen molar-refractivity contribution in [3.8, 4) is 0 Å². The predicted molar refractivity (Wildman–Crippen MR) is 94.9 cm³/mol. The second-order valence-electron chi connectivity index (χ2n) is 5.31. The van der Waals surface area contributed by atoms with E-state index >= 15 is 0 Å². The Balaban J connectivity index is 2.16. The van der Waals surface area contributed by atoms with Gasteiger partial charge in [-0.05, 0) is 31.6 Å². The van der Waals surface area contributed by atoms with Crippen LogP contribution in [0.15, 0.2) is 30.3 Å². The largest absolute Gasteiger partial charge is 0.347 e. The van der Waals surface area contributed by atoms with Gasteiger partial charge in [0, 0.05) is 25.2 Å². The van der Waals surface area contributed by atoms with Crippen LogP contribution in [-0.2, 0) is 4.79 Å². The molecule has 0 aliphatic carbocycles. The molecule has 1 aromatic carbocycles. The molecule has 0 saturated heterocycles. The minimum absolute atomic E-state index is 0.252. The van der Waals surface area contributed by atoms with Crippen LogP contribution in [0.2, 0.25) is 5.02 Å². The van der Waals surface area contributed by atoms with E-state index in [4.69, 9.17) is 11.6 Å². The number of rotatable bonds is 4. The molecular formula is C17H19ClN4O. The van der Waals surface area contributed by atoms with Crippen LogP contribution in [0.1, 0.15) is 17.0 Å². The van der Waals surface area contributed by atoms with E-state index in [-0.39, 0.29) is 5.91 Å². The summed E-state index contributed by atoms with van der Waals surface area (Å²) >= 11 is 6.06. The van der Waals surface area contributed by atoms with Gasteiger partial charge in [0.2, 0.25) is 11.9 Å². The van der Waals surface area contributed by atoms with Crippen molar-refractivity contribution in [2.75, 3.05) is 24.3 Å². The zero-order valence-electron chi connectivity index (χ0n) is 13.6. The van der Waals surface area contributed by atoms with Gasteiger partial charge in [-0.25, -0.2) is 9.97 Å². The fraction of sp³-hybridized carbons (Fsp3) is 0.235. The van der Waals surface area contributed by atoms with Crippen molar-refractivity contribution < 1.29 is 4.79 Å². The van der Waals surface area contributed by atoms with E-state index in [1.54, 1.807) is 12.1 Å². The van der Waals surface area contributed by atoms with Crippen LogP contribution in [0.5, 0.6) is 0 Å². The highest BCUT2D eigenvalue weighted by molar-refractivity contribution is 6.32. The Morgan fingerprint density at radius 2 is 1.78 bits per heavy atom. The maximum Gasteiger partial charge on any atom is 0.248 e. The molecule has 0 radical (unpaired) electrons. The van der Waals surface area contributed by atoms with Crippen molar-refractivity contribution in [1.29, 1.82) is 0 Å². The number of halogens is 1. The number of aryl methyl sites for hydroxylation is 2. The smallest absolute Gasteiger partial charge is 0.248 e. The van der Waals surface area contributed by atoms with Gasteiger partial charge < -0.3 is 10.2 Å². The molecule has 2 rings (SSSR count). The molecule has 0 saturated carbocycles. The Kier molecular flexibility index (Phi) is 5.34. The Hall–Kier alpha value is -2.40. The summed E-state index contributed by atoms with van der Waals surface area (Å²) in [4.78, 5) is 22.7. The van der Waals surface area contributed by atoms with E-state index in [0.717, 1.165) is 17.0 Å². The number of nitrogens with one attached hydrogen (secondary N) is 1. The van der Waals surface area contributed by atoms with Crippen molar-refractivity contribution in [3.63, 3.8) is 0 Å².